The molecule has 0 heterocycles. The molecule has 0 amide bonds. The van der Waals surface area contributed by atoms with Crippen molar-refractivity contribution in [3.63, 3.8) is 0 Å². The molecular formula is C17H8Cl2O. The highest BCUT2D eigenvalue weighted by Crippen LogP contribution is 2.40. The lowest BCUT2D eigenvalue weighted by Gasteiger charge is -2.06. The van der Waals surface area contributed by atoms with Gasteiger partial charge in [-0.05, 0) is 40.8 Å². The molecule has 1 aliphatic rings. The number of carbonyl (C=O) groups is 1. The molecule has 0 saturated carbocycles. The van der Waals surface area contributed by atoms with E-state index in [1.165, 1.54) is 0 Å². The molecule has 0 N–H and O–H groups in total. The van der Waals surface area contributed by atoms with Crippen molar-refractivity contribution in [2.45, 2.75) is 0 Å². The molecule has 0 saturated heterocycles. The van der Waals surface area contributed by atoms with Gasteiger partial charge in [0.25, 0.3) is 0 Å². The largest absolute Gasteiger partial charge is 0.289 e. The maximum Gasteiger partial charge on any atom is 0.194 e. The maximum absolute atomic E-state index is 12.4. The summed E-state index contributed by atoms with van der Waals surface area (Å²) in [5.41, 5.74) is 3.39. The van der Waals surface area contributed by atoms with Gasteiger partial charge in [-0.3, -0.25) is 4.79 Å². The Balaban J connectivity index is 2.13. The normalized spacial score (nSPS) is 12.6. The summed E-state index contributed by atoms with van der Waals surface area (Å²) in [7, 11) is 0. The summed E-state index contributed by atoms with van der Waals surface area (Å²) in [6.45, 7) is 0. The molecule has 0 bridgehead atoms. The van der Waals surface area contributed by atoms with Crippen molar-refractivity contribution in [1.82, 2.24) is 0 Å². The third kappa shape index (κ3) is 1.54. The number of halogens is 2. The second kappa shape index (κ2) is 4.08. The minimum absolute atomic E-state index is 0.0588. The Labute approximate surface area is 125 Å². The molecule has 96 valence electrons. The van der Waals surface area contributed by atoms with Crippen molar-refractivity contribution in [3.8, 4) is 11.1 Å². The third-order valence-corrected chi connectivity index (χ3v) is 4.24. The quantitative estimate of drug-likeness (QED) is 0.427. The molecule has 0 radical (unpaired) electrons. The first-order valence-corrected chi connectivity index (χ1v) is 6.97. The Morgan fingerprint density at radius 1 is 0.750 bits per heavy atom. The summed E-state index contributed by atoms with van der Waals surface area (Å²) in [4.78, 5) is 12.4. The highest BCUT2D eigenvalue weighted by Gasteiger charge is 2.26. The van der Waals surface area contributed by atoms with Crippen LogP contribution in [-0.2, 0) is 0 Å². The number of benzene rings is 3. The van der Waals surface area contributed by atoms with Crippen LogP contribution < -0.4 is 0 Å². The summed E-state index contributed by atoms with van der Waals surface area (Å²) in [6, 6.07) is 15.1. The van der Waals surface area contributed by atoms with Crippen LogP contribution in [0.1, 0.15) is 15.9 Å². The summed E-state index contributed by atoms with van der Waals surface area (Å²) in [6.07, 6.45) is 0. The molecule has 3 aromatic rings. The van der Waals surface area contributed by atoms with E-state index in [0.29, 0.717) is 15.6 Å². The van der Waals surface area contributed by atoms with Crippen molar-refractivity contribution in [2.75, 3.05) is 0 Å². The number of ketones is 1. The molecule has 0 aromatic heterocycles. The van der Waals surface area contributed by atoms with Gasteiger partial charge < -0.3 is 0 Å². The minimum atomic E-state index is 0.0588. The van der Waals surface area contributed by atoms with Crippen LogP contribution in [0.5, 0.6) is 0 Å². The first kappa shape index (κ1) is 12.0. The molecule has 3 heteroatoms. The summed E-state index contributed by atoms with van der Waals surface area (Å²) >= 11 is 12.3. The Hall–Kier alpha value is -1.83. The van der Waals surface area contributed by atoms with Gasteiger partial charge in [0.05, 0.1) is 0 Å². The van der Waals surface area contributed by atoms with Crippen LogP contribution in [0.3, 0.4) is 0 Å². The Kier molecular flexibility index (Phi) is 2.44. The molecule has 1 nitrogen and oxygen atoms in total. The number of fused-ring (bicyclic) bond motifs is 4. The summed E-state index contributed by atoms with van der Waals surface area (Å²) < 4.78 is 0. The van der Waals surface area contributed by atoms with E-state index in [0.717, 1.165) is 27.5 Å². The molecule has 0 unspecified atom stereocenters. The molecule has 0 atom stereocenters. The van der Waals surface area contributed by atoms with E-state index in [-0.39, 0.29) is 5.78 Å². The van der Waals surface area contributed by atoms with E-state index in [1.807, 2.05) is 42.5 Å². The monoisotopic (exact) mass is 298 g/mol. The number of rotatable bonds is 0. The first-order chi connectivity index (χ1) is 9.65. The molecule has 0 aliphatic heterocycles. The van der Waals surface area contributed by atoms with Gasteiger partial charge in [0.15, 0.2) is 5.78 Å². The number of hydrogen-bond acceptors (Lipinski definition) is 1. The van der Waals surface area contributed by atoms with Gasteiger partial charge in [0, 0.05) is 26.6 Å². The molecule has 4 rings (SSSR count). The zero-order valence-corrected chi connectivity index (χ0v) is 11.8. The van der Waals surface area contributed by atoms with Crippen LogP contribution in [0.25, 0.3) is 21.9 Å². The fourth-order valence-electron chi connectivity index (χ4n) is 2.80. The highest BCUT2D eigenvalue weighted by atomic mass is 35.5. The fourth-order valence-corrected chi connectivity index (χ4v) is 3.37. The van der Waals surface area contributed by atoms with Gasteiger partial charge in [-0.15, -0.1) is 0 Å². The lowest BCUT2D eigenvalue weighted by molar-refractivity contribution is 0.104. The Morgan fingerprint density at radius 2 is 1.50 bits per heavy atom. The van der Waals surface area contributed by atoms with Crippen molar-refractivity contribution < 1.29 is 4.79 Å². The highest BCUT2D eigenvalue weighted by molar-refractivity contribution is 6.39. The van der Waals surface area contributed by atoms with Gasteiger partial charge >= 0.3 is 0 Å². The SMILES string of the molecule is O=C1c2ccccc2-c2cc3cc(Cl)cc(Cl)c3cc21. The van der Waals surface area contributed by atoms with Gasteiger partial charge in [0.2, 0.25) is 0 Å². The molecule has 0 fully saturated rings. The van der Waals surface area contributed by atoms with Gasteiger partial charge in [-0.1, -0.05) is 47.5 Å². The van der Waals surface area contributed by atoms with E-state index < -0.39 is 0 Å². The number of hydrogen-bond donors (Lipinski definition) is 0. The van der Waals surface area contributed by atoms with Crippen LogP contribution in [-0.4, -0.2) is 5.78 Å². The van der Waals surface area contributed by atoms with Crippen LogP contribution in [0.2, 0.25) is 10.0 Å². The van der Waals surface area contributed by atoms with Crippen molar-refractivity contribution in [3.05, 3.63) is 69.7 Å². The predicted molar refractivity (Wildman–Crippen MR) is 82.8 cm³/mol. The average molecular weight is 299 g/mol. The van der Waals surface area contributed by atoms with Crippen LogP contribution in [0.15, 0.2) is 48.5 Å². The summed E-state index contributed by atoms with van der Waals surface area (Å²) in [5.74, 6) is 0.0588. The van der Waals surface area contributed by atoms with E-state index >= 15 is 0 Å². The third-order valence-electron chi connectivity index (χ3n) is 3.71. The lowest BCUT2D eigenvalue weighted by Crippen LogP contribution is -1.94. The van der Waals surface area contributed by atoms with E-state index in [4.69, 9.17) is 23.2 Å². The zero-order valence-electron chi connectivity index (χ0n) is 10.3. The number of carbonyl (C=O) groups excluding carboxylic acids is 1. The van der Waals surface area contributed by atoms with Gasteiger partial charge in [0.1, 0.15) is 0 Å². The first-order valence-electron chi connectivity index (χ1n) is 6.22. The van der Waals surface area contributed by atoms with Crippen LogP contribution in [0.4, 0.5) is 0 Å². The van der Waals surface area contributed by atoms with Crippen molar-refractivity contribution in [2.24, 2.45) is 0 Å². The molecular weight excluding hydrogens is 291 g/mol. The summed E-state index contributed by atoms with van der Waals surface area (Å²) in [5, 5.41) is 2.97. The maximum atomic E-state index is 12.4. The van der Waals surface area contributed by atoms with Crippen molar-refractivity contribution >= 4 is 39.8 Å². The van der Waals surface area contributed by atoms with E-state index in [9.17, 15) is 4.79 Å². The average Bonchev–Trinajstić information content (AvgIpc) is 2.71. The molecule has 1 aliphatic carbocycles. The second-order valence-corrected chi connectivity index (χ2v) is 5.72. The second-order valence-electron chi connectivity index (χ2n) is 4.88. The van der Waals surface area contributed by atoms with Crippen LogP contribution in [0, 0.1) is 0 Å². The lowest BCUT2D eigenvalue weighted by atomic mass is 10.0. The standard InChI is InChI=1S/C17H8Cl2O/c18-10-5-9-6-14-11-3-1-2-4-12(11)17(20)15(14)8-13(9)16(19)7-10/h1-8H. The molecule has 3 aromatic carbocycles. The van der Waals surface area contributed by atoms with E-state index in [1.54, 1.807) is 6.07 Å². The topological polar surface area (TPSA) is 17.1 Å². The van der Waals surface area contributed by atoms with Crippen molar-refractivity contribution in [1.29, 1.82) is 0 Å². The van der Waals surface area contributed by atoms with E-state index in [2.05, 4.69) is 0 Å². The van der Waals surface area contributed by atoms with Gasteiger partial charge in [-0.25, -0.2) is 0 Å². The Bertz CT molecular complexity index is 897. The Morgan fingerprint density at radius 3 is 2.30 bits per heavy atom. The van der Waals surface area contributed by atoms with Crippen LogP contribution >= 0.6 is 23.2 Å². The smallest absolute Gasteiger partial charge is 0.194 e. The molecule has 0 spiro atoms. The molecule has 20 heavy (non-hydrogen) atoms. The fraction of sp³-hybridized carbons (Fsp3) is 0. The van der Waals surface area contributed by atoms with Gasteiger partial charge in [-0.2, -0.15) is 0 Å². The zero-order chi connectivity index (χ0) is 13.9. The minimum Gasteiger partial charge on any atom is -0.289 e. The predicted octanol–water partition coefficient (Wildman–Crippen LogP) is 5.36.